The number of nitrogens with one attached hydrogen (secondary N) is 1. The van der Waals surface area contributed by atoms with Gasteiger partial charge in [-0.3, -0.25) is 9.59 Å². The van der Waals surface area contributed by atoms with Gasteiger partial charge in [0.1, 0.15) is 17.1 Å². The van der Waals surface area contributed by atoms with Crippen LogP contribution in [0.1, 0.15) is 90.9 Å². The van der Waals surface area contributed by atoms with Crippen molar-refractivity contribution in [2.45, 2.75) is 71.9 Å². The fourth-order valence-electron chi connectivity index (χ4n) is 4.70. The number of carbonyl (C=O) groups excluding carboxylic acids is 2. The van der Waals surface area contributed by atoms with Crippen LogP contribution < -0.4 is 5.32 Å². The molecule has 2 aromatic heterocycles. The molecule has 1 N–H and O–H groups in total. The van der Waals surface area contributed by atoms with Crippen molar-refractivity contribution >= 4 is 17.6 Å². The number of amides is 2. The van der Waals surface area contributed by atoms with Gasteiger partial charge in [-0.25, -0.2) is 9.97 Å². The van der Waals surface area contributed by atoms with Crippen LogP contribution in [0.5, 0.6) is 0 Å². The minimum atomic E-state index is -0.226. The Hall–Kier alpha value is -2.97. The Morgan fingerprint density at radius 1 is 1.19 bits per heavy atom. The molecule has 32 heavy (non-hydrogen) atoms. The van der Waals surface area contributed by atoms with Gasteiger partial charge in [0.05, 0.1) is 24.0 Å². The number of nitrogens with zero attached hydrogens (tertiary/aromatic N) is 5. The standard InChI is InChI=1S/C23H32N6O3/c1-13(2)20-19(14(3)32-27-20)23(31)29-10-7-6-8-18(29)22-25-17-12-28(15(4)30)11-9-16(17)21(24-5)26-22/h13,18H,6-12H2,1-5H3,(H,24,25,26). The second-order valence-corrected chi connectivity index (χ2v) is 8.96. The van der Waals surface area contributed by atoms with Gasteiger partial charge in [0, 0.05) is 32.6 Å². The molecule has 1 atom stereocenters. The maximum atomic E-state index is 13.7. The Morgan fingerprint density at radius 3 is 2.66 bits per heavy atom. The van der Waals surface area contributed by atoms with Gasteiger partial charge in [-0.05, 0) is 38.5 Å². The third kappa shape index (κ3) is 3.96. The van der Waals surface area contributed by atoms with Crippen molar-refractivity contribution in [1.29, 1.82) is 0 Å². The fourth-order valence-corrected chi connectivity index (χ4v) is 4.70. The molecule has 4 heterocycles. The molecule has 0 spiro atoms. The lowest BCUT2D eigenvalue weighted by Gasteiger charge is -2.36. The Balaban J connectivity index is 1.72. The lowest BCUT2D eigenvalue weighted by Crippen LogP contribution is -2.41. The zero-order valence-electron chi connectivity index (χ0n) is 19.6. The monoisotopic (exact) mass is 440 g/mol. The lowest BCUT2D eigenvalue weighted by molar-refractivity contribution is -0.129. The van der Waals surface area contributed by atoms with E-state index in [0.717, 1.165) is 42.8 Å². The van der Waals surface area contributed by atoms with Crippen LogP contribution in [0.15, 0.2) is 4.52 Å². The van der Waals surface area contributed by atoms with Crippen molar-refractivity contribution in [3.05, 3.63) is 34.1 Å². The average molecular weight is 441 g/mol. The normalized spacial score (nSPS) is 18.6. The molecule has 9 heteroatoms. The molecule has 0 radical (unpaired) electrons. The van der Waals surface area contributed by atoms with E-state index in [4.69, 9.17) is 14.5 Å². The minimum absolute atomic E-state index is 0.0421. The van der Waals surface area contributed by atoms with E-state index < -0.39 is 0 Å². The molecule has 0 aromatic carbocycles. The highest BCUT2D eigenvalue weighted by Gasteiger charge is 2.35. The van der Waals surface area contributed by atoms with Gasteiger partial charge in [-0.1, -0.05) is 19.0 Å². The number of aromatic nitrogens is 3. The topological polar surface area (TPSA) is 104 Å². The molecule has 1 saturated heterocycles. The highest BCUT2D eigenvalue weighted by Crippen LogP contribution is 2.35. The van der Waals surface area contributed by atoms with Crippen LogP contribution in [0.4, 0.5) is 5.82 Å². The number of aryl methyl sites for hydroxylation is 1. The van der Waals surface area contributed by atoms with Gasteiger partial charge in [0.25, 0.3) is 5.91 Å². The number of rotatable bonds is 4. The van der Waals surface area contributed by atoms with Crippen molar-refractivity contribution in [3.8, 4) is 0 Å². The minimum Gasteiger partial charge on any atom is -0.373 e. The summed E-state index contributed by atoms with van der Waals surface area (Å²) >= 11 is 0. The number of piperidine rings is 1. The second-order valence-electron chi connectivity index (χ2n) is 8.96. The molecular formula is C23H32N6O3. The number of fused-ring (bicyclic) bond motifs is 1. The summed E-state index contributed by atoms with van der Waals surface area (Å²) in [5.41, 5.74) is 3.17. The smallest absolute Gasteiger partial charge is 0.260 e. The van der Waals surface area contributed by atoms with Crippen molar-refractivity contribution in [2.24, 2.45) is 0 Å². The molecular weight excluding hydrogens is 408 g/mol. The summed E-state index contributed by atoms with van der Waals surface area (Å²) in [6, 6.07) is -0.226. The van der Waals surface area contributed by atoms with E-state index in [2.05, 4.69) is 10.5 Å². The summed E-state index contributed by atoms with van der Waals surface area (Å²) in [7, 11) is 1.85. The molecule has 1 fully saturated rings. The Labute approximate surface area is 188 Å². The van der Waals surface area contributed by atoms with Gasteiger partial charge in [-0.15, -0.1) is 0 Å². The van der Waals surface area contributed by atoms with E-state index in [1.165, 1.54) is 0 Å². The first-order valence-corrected chi connectivity index (χ1v) is 11.4. The van der Waals surface area contributed by atoms with E-state index in [9.17, 15) is 9.59 Å². The van der Waals surface area contributed by atoms with E-state index in [0.29, 0.717) is 42.5 Å². The molecule has 2 amide bonds. The van der Waals surface area contributed by atoms with Gasteiger partial charge in [-0.2, -0.15) is 0 Å². The molecule has 1 unspecified atom stereocenters. The molecule has 2 aromatic rings. The second kappa shape index (κ2) is 8.88. The summed E-state index contributed by atoms with van der Waals surface area (Å²) in [4.78, 5) is 39.0. The Bertz CT molecular complexity index is 1030. The third-order valence-corrected chi connectivity index (χ3v) is 6.48. The summed E-state index contributed by atoms with van der Waals surface area (Å²) in [5.74, 6) is 2.02. The van der Waals surface area contributed by atoms with Crippen molar-refractivity contribution < 1.29 is 14.1 Å². The predicted molar refractivity (Wildman–Crippen MR) is 119 cm³/mol. The van der Waals surface area contributed by atoms with E-state index in [-0.39, 0.29) is 23.8 Å². The highest BCUT2D eigenvalue weighted by molar-refractivity contribution is 5.96. The van der Waals surface area contributed by atoms with Crippen LogP contribution in [0, 0.1) is 6.92 Å². The predicted octanol–water partition coefficient (Wildman–Crippen LogP) is 3.21. The van der Waals surface area contributed by atoms with Gasteiger partial charge < -0.3 is 19.6 Å². The van der Waals surface area contributed by atoms with Crippen molar-refractivity contribution in [2.75, 3.05) is 25.5 Å². The largest absolute Gasteiger partial charge is 0.373 e. The molecule has 0 aliphatic carbocycles. The first kappa shape index (κ1) is 22.2. The number of hydrogen-bond acceptors (Lipinski definition) is 7. The number of likely N-dealkylation sites (tertiary alicyclic amines) is 1. The van der Waals surface area contributed by atoms with Gasteiger partial charge >= 0.3 is 0 Å². The van der Waals surface area contributed by atoms with Crippen LogP contribution >= 0.6 is 0 Å². The molecule has 0 bridgehead atoms. The maximum absolute atomic E-state index is 13.7. The van der Waals surface area contributed by atoms with Crippen LogP contribution in [-0.2, 0) is 17.8 Å². The van der Waals surface area contributed by atoms with Crippen LogP contribution in [0.25, 0.3) is 0 Å². The quantitative estimate of drug-likeness (QED) is 0.778. The zero-order valence-corrected chi connectivity index (χ0v) is 19.6. The van der Waals surface area contributed by atoms with Gasteiger partial charge in [0.15, 0.2) is 5.82 Å². The van der Waals surface area contributed by atoms with E-state index in [1.807, 2.05) is 25.8 Å². The lowest BCUT2D eigenvalue weighted by atomic mass is 9.97. The molecule has 2 aliphatic heterocycles. The summed E-state index contributed by atoms with van der Waals surface area (Å²) < 4.78 is 5.38. The number of carbonyl (C=O) groups is 2. The number of hydrogen-bond donors (Lipinski definition) is 1. The van der Waals surface area contributed by atoms with E-state index in [1.54, 1.807) is 18.7 Å². The van der Waals surface area contributed by atoms with Crippen molar-refractivity contribution in [1.82, 2.24) is 24.9 Å². The Morgan fingerprint density at radius 2 is 1.97 bits per heavy atom. The number of anilines is 1. The van der Waals surface area contributed by atoms with Crippen LogP contribution in [0.3, 0.4) is 0 Å². The molecule has 0 saturated carbocycles. The van der Waals surface area contributed by atoms with Crippen LogP contribution in [0.2, 0.25) is 0 Å². The maximum Gasteiger partial charge on any atom is 0.260 e. The molecule has 9 nitrogen and oxygen atoms in total. The van der Waals surface area contributed by atoms with E-state index >= 15 is 0 Å². The average Bonchev–Trinajstić information content (AvgIpc) is 3.19. The van der Waals surface area contributed by atoms with Crippen molar-refractivity contribution in [3.63, 3.8) is 0 Å². The highest BCUT2D eigenvalue weighted by atomic mass is 16.5. The molecule has 172 valence electrons. The summed E-state index contributed by atoms with van der Waals surface area (Å²) in [6.45, 7) is 9.16. The third-order valence-electron chi connectivity index (χ3n) is 6.48. The van der Waals surface area contributed by atoms with Gasteiger partial charge in [0.2, 0.25) is 5.91 Å². The first-order valence-electron chi connectivity index (χ1n) is 11.4. The SMILES string of the molecule is CNc1nc(C2CCCCN2C(=O)c2c(C(C)C)noc2C)nc2c1CCN(C(C)=O)C2. The first-order chi connectivity index (χ1) is 15.3. The summed E-state index contributed by atoms with van der Waals surface area (Å²) in [6.07, 6.45) is 3.45. The fraction of sp³-hybridized carbons (Fsp3) is 0.609. The Kier molecular flexibility index (Phi) is 6.17. The molecule has 2 aliphatic rings. The summed E-state index contributed by atoms with van der Waals surface area (Å²) in [5, 5.41) is 7.34. The molecule has 4 rings (SSSR count). The zero-order chi connectivity index (χ0) is 23.0. The van der Waals surface area contributed by atoms with Crippen LogP contribution in [-0.4, -0.2) is 56.9 Å².